The van der Waals surface area contributed by atoms with Crippen molar-refractivity contribution in [3.8, 4) is 0 Å². The van der Waals surface area contributed by atoms with Crippen molar-refractivity contribution in [2.24, 2.45) is 7.05 Å². The van der Waals surface area contributed by atoms with Gasteiger partial charge in [0.15, 0.2) is 0 Å². The van der Waals surface area contributed by atoms with E-state index >= 15 is 0 Å². The smallest absolute Gasteiger partial charge is 0.112 e. The van der Waals surface area contributed by atoms with Crippen molar-refractivity contribution in [3.63, 3.8) is 0 Å². The molecule has 74 valence electrons. The minimum atomic E-state index is -0.167. The van der Waals surface area contributed by atoms with E-state index in [1.54, 1.807) is 20.0 Å². The lowest BCUT2D eigenvalue weighted by Crippen LogP contribution is -1.93. The van der Waals surface area contributed by atoms with Gasteiger partial charge in [0.1, 0.15) is 5.82 Å². The van der Waals surface area contributed by atoms with E-state index in [4.69, 9.17) is 5.11 Å². The van der Waals surface area contributed by atoms with Gasteiger partial charge in [-0.3, -0.25) is 0 Å². The van der Waals surface area contributed by atoms with E-state index < -0.39 is 0 Å². The molecule has 0 fully saturated rings. The van der Waals surface area contributed by atoms with E-state index in [-0.39, 0.29) is 6.10 Å². The number of aromatic nitrogens is 2. The summed E-state index contributed by atoms with van der Waals surface area (Å²) in [4.78, 5) is 4.10. The third-order valence-electron chi connectivity index (χ3n) is 1.25. The molecule has 0 amide bonds. The van der Waals surface area contributed by atoms with Gasteiger partial charge in [-0.15, -0.1) is 6.58 Å². The standard InChI is InChI=1S/C7H10N2.C3H8O/c1-3-4-7-8-5-6-9(7)2;1-3(2)4/h3,5-6H,1,4H2,2H3;3-4H,1-2H3. The van der Waals surface area contributed by atoms with E-state index in [1.807, 2.05) is 23.9 Å². The lowest BCUT2D eigenvalue weighted by molar-refractivity contribution is 0.216. The highest BCUT2D eigenvalue weighted by Crippen LogP contribution is 1.94. The van der Waals surface area contributed by atoms with Crippen LogP contribution in [0.5, 0.6) is 0 Å². The first-order chi connectivity index (χ1) is 6.07. The fourth-order valence-corrected chi connectivity index (χ4v) is 0.722. The van der Waals surface area contributed by atoms with Crippen LogP contribution in [-0.4, -0.2) is 20.8 Å². The molecule has 1 heterocycles. The molecule has 0 aromatic carbocycles. The molecule has 1 aromatic heterocycles. The van der Waals surface area contributed by atoms with Gasteiger partial charge in [0.2, 0.25) is 0 Å². The van der Waals surface area contributed by atoms with E-state index in [0.29, 0.717) is 0 Å². The summed E-state index contributed by atoms with van der Waals surface area (Å²) < 4.78 is 1.99. The molecule has 1 rings (SSSR count). The maximum Gasteiger partial charge on any atom is 0.112 e. The van der Waals surface area contributed by atoms with E-state index in [9.17, 15) is 0 Å². The minimum absolute atomic E-state index is 0.167. The summed E-state index contributed by atoms with van der Waals surface area (Å²) in [5.41, 5.74) is 0. The highest BCUT2D eigenvalue weighted by molar-refractivity contribution is 4.95. The number of aryl methyl sites for hydroxylation is 1. The van der Waals surface area contributed by atoms with Crippen LogP contribution in [0.1, 0.15) is 19.7 Å². The van der Waals surface area contributed by atoms with Crippen LogP contribution in [0.4, 0.5) is 0 Å². The Kier molecular flexibility index (Phi) is 5.89. The number of aliphatic hydroxyl groups excluding tert-OH is 1. The Morgan fingerprint density at radius 1 is 1.69 bits per heavy atom. The maximum absolute atomic E-state index is 8.06. The number of hydrogen-bond donors (Lipinski definition) is 1. The van der Waals surface area contributed by atoms with Crippen molar-refractivity contribution >= 4 is 0 Å². The lowest BCUT2D eigenvalue weighted by Gasteiger charge is -1.93. The topological polar surface area (TPSA) is 38.0 Å². The molecule has 1 N–H and O–H groups in total. The summed E-state index contributed by atoms with van der Waals surface area (Å²) in [6, 6.07) is 0. The van der Waals surface area contributed by atoms with E-state index in [1.165, 1.54) is 0 Å². The first kappa shape index (κ1) is 11.9. The summed E-state index contributed by atoms with van der Waals surface area (Å²) in [7, 11) is 1.98. The maximum atomic E-state index is 8.06. The van der Waals surface area contributed by atoms with Crippen LogP contribution in [-0.2, 0) is 13.5 Å². The zero-order valence-electron chi connectivity index (χ0n) is 8.57. The average Bonchev–Trinajstić information content (AvgIpc) is 2.36. The molecule has 0 aliphatic heterocycles. The minimum Gasteiger partial charge on any atom is -0.394 e. The number of hydrogen-bond acceptors (Lipinski definition) is 2. The number of nitrogens with zero attached hydrogens (tertiary/aromatic N) is 2. The predicted molar refractivity (Wildman–Crippen MR) is 54.5 cm³/mol. The molecule has 3 heteroatoms. The first-order valence-corrected chi connectivity index (χ1v) is 4.33. The van der Waals surface area contributed by atoms with E-state index in [2.05, 4.69) is 11.6 Å². The van der Waals surface area contributed by atoms with Crippen LogP contribution >= 0.6 is 0 Å². The molecular weight excluding hydrogens is 164 g/mol. The lowest BCUT2D eigenvalue weighted by atomic mass is 10.4. The number of rotatable bonds is 2. The third kappa shape index (κ3) is 6.11. The Bertz CT molecular complexity index is 238. The van der Waals surface area contributed by atoms with Gasteiger partial charge in [-0.25, -0.2) is 4.98 Å². The molecule has 13 heavy (non-hydrogen) atoms. The van der Waals surface area contributed by atoms with Crippen LogP contribution in [0.25, 0.3) is 0 Å². The van der Waals surface area contributed by atoms with Gasteiger partial charge in [-0.1, -0.05) is 6.08 Å². The molecule has 0 radical (unpaired) electrons. The summed E-state index contributed by atoms with van der Waals surface area (Å²) in [6.07, 6.45) is 6.25. The van der Waals surface area contributed by atoms with Gasteiger partial charge in [-0.2, -0.15) is 0 Å². The summed E-state index contributed by atoms with van der Waals surface area (Å²) in [5, 5.41) is 8.06. The van der Waals surface area contributed by atoms with Crippen LogP contribution in [0.3, 0.4) is 0 Å². The summed E-state index contributed by atoms with van der Waals surface area (Å²) in [6.45, 7) is 7.07. The Morgan fingerprint density at radius 3 is 2.54 bits per heavy atom. The van der Waals surface area contributed by atoms with Gasteiger partial charge < -0.3 is 9.67 Å². The molecule has 0 spiro atoms. The number of imidazole rings is 1. The SMILES string of the molecule is C=CCc1nccn1C.CC(C)O. The van der Waals surface area contributed by atoms with Crippen molar-refractivity contribution in [1.82, 2.24) is 9.55 Å². The zero-order chi connectivity index (χ0) is 10.3. The second kappa shape index (κ2) is 6.43. The quantitative estimate of drug-likeness (QED) is 0.704. The first-order valence-electron chi connectivity index (χ1n) is 4.33. The molecular formula is C10H18N2O. The molecule has 1 aromatic rings. The van der Waals surface area contributed by atoms with Gasteiger partial charge in [0.05, 0.1) is 0 Å². The van der Waals surface area contributed by atoms with Gasteiger partial charge in [0.25, 0.3) is 0 Å². The third-order valence-corrected chi connectivity index (χ3v) is 1.25. The largest absolute Gasteiger partial charge is 0.394 e. The molecule has 0 aliphatic rings. The second-order valence-corrected chi connectivity index (χ2v) is 3.04. The van der Waals surface area contributed by atoms with Crippen molar-refractivity contribution in [3.05, 3.63) is 30.9 Å². The van der Waals surface area contributed by atoms with Crippen molar-refractivity contribution < 1.29 is 5.11 Å². The van der Waals surface area contributed by atoms with Crippen molar-refractivity contribution in [2.75, 3.05) is 0 Å². The van der Waals surface area contributed by atoms with E-state index in [0.717, 1.165) is 12.2 Å². The monoisotopic (exact) mass is 182 g/mol. The van der Waals surface area contributed by atoms with Crippen LogP contribution in [0.15, 0.2) is 25.0 Å². The second-order valence-electron chi connectivity index (χ2n) is 3.04. The fourth-order valence-electron chi connectivity index (χ4n) is 0.722. The molecule has 3 nitrogen and oxygen atoms in total. The Hall–Kier alpha value is -1.09. The zero-order valence-corrected chi connectivity index (χ0v) is 8.57. The predicted octanol–water partition coefficient (Wildman–Crippen LogP) is 1.54. The average molecular weight is 182 g/mol. The Balaban J connectivity index is 0.000000310. The van der Waals surface area contributed by atoms with Crippen LogP contribution in [0.2, 0.25) is 0 Å². The van der Waals surface area contributed by atoms with Crippen molar-refractivity contribution in [1.29, 1.82) is 0 Å². The van der Waals surface area contributed by atoms with Crippen LogP contribution < -0.4 is 0 Å². The molecule has 0 unspecified atom stereocenters. The Morgan fingerprint density at radius 2 is 2.23 bits per heavy atom. The molecule has 0 saturated carbocycles. The molecule has 0 atom stereocenters. The van der Waals surface area contributed by atoms with Gasteiger partial charge in [-0.05, 0) is 13.8 Å². The number of aliphatic hydroxyl groups is 1. The summed E-state index contributed by atoms with van der Waals surface area (Å²) >= 11 is 0. The van der Waals surface area contributed by atoms with Gasteiger partial charge in [0, 0.05) is 32.0 Å². The highest BCUT2D eigenvalue weighted by Gasteiger charge is 1.92. The Labute approximate surface area is 79.7 Å². The molecule has 0 aliphatic carbocycles. The van der Waals surface area contributed by atoms with Crippen molar-refractivity contribution in [2.45, 2.75) is 26.4 Å². The highest BCUT2D eigenvalue weighted by atomic mass is 16.3. The number of allylic oxidation sites excluding steroid dienone is 1. The molecule has 0 bridgehead atoms. The molecule has 0 saturated heterocycles. The van der Waals surface area contributed by atoms with Gasteiger partial charge >= 0.3 is 0 Å². The normalized spacial score (nSPS) is 9.31. The summed E-state index contributed by atoms with van der Waals surface area (Å²) in [5.74, 6) is 1.06. The van der Waals surface area contributed by atoms with Crippen LogP contribution in [0, 0.1) is 0 Å². The fraction of sp³-hybridized carbons (Fsp3) is 0.500.